The van der Waals surface area contributed by atoms with Crippen molar-refractivity contribution in [2.75, 3.05) is 11.5 Å². The zero-order valence-corrected chi connectivity index (χ0v) is 13.3. The molecule has 4 nitrogen and oxygen atoms in total. The lowest BCUT2D eigenvalue weighted by atomic mass is 10.1. The van der Waals surface area contributed by atoms with Crippen molar-refractivity contribution in [2.24, 2.45) is 0 Å². The normalized spacial score (nSPS) is 16.1. The van der Waals surface area contributed by atoms with E-state index in [4.69, 9.17) is 4.74 Å². The second-order valence-electron chi connectivity index (χ2n) is 5.89. The molecule has 1 atom stereocenters. The highest BCUT2D eigenvalue weighted by Crippen LogP contribution is 2.31. The summed E-state index contributed by atoms with van der Waals surface area (Å²) in [5.74, 6) is -0.661. The zero-order chi connectivity index (χ0) is 16.4. The lowest BCUT2D eigenvalue weighted by molar-refractivity contribution is -0.122. The summed E-state index contributed by atoms with van der Waals surface area (Å²) in [6.07, 6.45) is 0.827. The largest absolute Gasteiger partial charge is 0.452 e. The van der Waals surface area contributed by atoms with Gasteiger partial charge in [-0.1, -0.05) is 35.9 Å². The van der Waals surface area contributed by atoms with Crippen molar-refractivity contribution in [2.45, 2.75) is 26.3 Å². The Balaban J connectivity index is 1.67. The molecule has 118 valence electrons. The van der Waals surface area contributed by atoms with Crippen LogP contribution in [0.5, 0.6) is 0 Å². The smallest absolute Gasteiger partial charge is 0.338 e. The average Bonchev–Trinajstić information content (AvgIpc) is 2.88. The summed E-state index contributed by atoms with van der Waals surface area (Å²) in [5, 5.41) is 0. The summed E-state index contributed by atoms with van der Waals surface area (Å²) in [6.45, 7) is 3.66. The van der Waals surface area contributed by atoms with Gasteiger partial charge < -0.3 is 9.64 Å². The minimum Gasteiger partial charge on any atom is -0.452 e. The molecule has 0 saturated carbocycles. The number of esters is 1. The lowest BCUT2D eigenvalue weighted by Crippen LogP contribution is -2.38. The number of ether oxygens (including phenoxy) is 1. The Morgan fingerprint density at radius 3 is 2.74 bits per heavy atom. The number of hydrogen-bond donors (Lipinski definition) is 0. The number of aryl methyl sites for hydroxylation is 1. The zero-order valence-electron chi connectivity index (χ0n) is 13.3. The predicted molar refractivity (Wildman–Crippen MR) is 88.6 cm³/mol. The van der Waals surface area contributed by atoms with Crippen LogP contribution in [0.2, 0.25) is 0 Å². The molecule has 1 aliphatic heterocycles. The van der Waals surface area contributed by atoms with Crippen LogP contribution < -0.4 is 4.90 Å². The molecule has 0 bridgehead atoms. The van der Waals surface area contributed by atoms with Crippen LogP contribution in [-0.2, 0) is 16.0 Å². The van der Waals surface area contributed by atoms with E-state index < -0.39 is 5.97 Å². The molecule has 1 heterocycles. The van der Waals surface area contributed by atoms with Crippen LogP contribution in [0.3, 0.4) is 0 Å². The van der Waals surface area contributed by atoms with Crippen LogP contribution in [0.25, 0.3) is 0 Å². The van der Waals surface area contributed by atoms with Crippen molar-refractivity contribution < 1.29 is 14.3 Å². The molecular weight excluding hydrogens is 290 g/mol. The number of carbonyl (C=O) groups excluding carboxylic acids is 2. The monoisotopic (exact) mass is 309 g/mol. The third-order valence-corrected chi connectivity index (χ3v) is 4.06. The predicted octanol–water partition coefficient (Wildman–Crippen LogP) is 3.13. The fourth-order valence-electron chi connectivity index (χ4n) is 3.00. The molecule has 0 fully saturated rings. The maximum atomic E-state index is 12.5. The maximum absolute atomic E-state index is 12.5. The number of rotatable bonds is 3. The van der Waals surface area contributed by atoms with Gasteiger partial charge in [-0.2, -0.15) is 0 Å². The first-order chi connectivity index (χ1) is 11.1. The molecule has 2 aromatic rings. The van der Waals surface area contributed by atoms with E-state index in [1.54, 1.807) is 23.1 Å². The maximum Gasteiger partial charge on any atom is 0.338 e. The highest BCUT2D eigenvalue weighted by molar-refractivity contribution is 5.99. The number of amides is 1. The number of hydrogen-bond acceptors (Lipinski definition) is 3. The van der Waals surface area contributed by atoms with Crippen molar-refractivity contribution in [3.05, 3.63) is 65.2 Å². The van der Waals surface area contributed by atoms with Gasteiger partial charge in [0.2, 0.25) is 0 Å². The van der Waals surface area contributed by atoms with E-state index in [1.165, 1.54) is 0 Å². The molecule has 23 heavy (non-hydrogen) atoms. The standard InChI is InChI=1S/C19H19NO3/c1-13-6-5-8-16(10-13)19(22)23-12-18(21)20-14(2)11-15-7-3-4-9-17(15)20/h3-10,14H,11-12H2,1-2H3/t14-/m1/s1. The van der Waals surface area contributed by atoms with Gasteiger partial charge in [0.05, 0.1) is 5.56 Å². The first kappa shape index (κ1) is 15.3. The Morgan fingerprint density at radius 1 is 1.17 bits per heavy atom. The topological polar surface area (TPSA) is 46.6 Å². The minimum absolute atomic E-state index is 0.0811. The van der Waals surface area contributed by atoms with Crippen LogP contribution in [-0.4, -0.2) is 24.5 Å². The molecule has 0 saturated heterocycles. The van der Waals surface area contributed by atoms with Crippen LogP contribution in [0.1, 0.15) is 28.4 Å². The molecule has 0 unspecified atom stereocenters. The summed E-state index contributed by atoms with van der Waals surface area (Å²) < 4.78 is 5.19. The first-order valence-electron chi connectivity index (χ1n) is 7.70. The minimum atomic E-state index is -0.470. The van der Waals surface area contributed by atoms with Crippen molar-refractivity contribution in [1.29, 1.82) is 0 Å². The fourth-order valence-corrected chi connectivity index (χ4v) is 3.00. The van der Waals surface area contributed by atoms with E-state index in [1.807, 2.05) is 44.2 Å². The van der Waals surface area contributed by atoms with E-state index in [2.05, 4.69) is 0 Å². The first-order valence-corrected chi connectivity index (χ1v) is 7.70. The molecule has 0 spiro atoms. The molecule has 4 heteroatoms. The number of carbonyl (C=O) groups is 2. The molecule has 1 amide bonds. The summed E-state index contributed by atoms with van der Waals surface area (Å²) in [4.78, 5) is 26.2. The number of para-hydroxylation sites is 1. The second-order valence-corrected chi connectivity index (χ2v) is 5.89. The highest BCUT2D eigenvalue weighted by atomic mass is 16.5. The number of benzene rings is 2. The molecule has 0 aliphatic carbocycles. The Bertz CT molecular complexity index is 754. The van der Waals surface area contributed by atoms with Crippen LogP contribution in [0, 0.1) is 6.92 Å². The van der Waals surface area contributed by atoms with Gasteiger partial charge in [0.15, 0.2) is 6.61 Å². The molecule has 0 radical (unpaired) electrons. The van der Waals surface area contributed by atoms with Gasteiger partial charge in [0.25, 0.3) is 5.91 Å². The van der Waals surface area contributed by atoms with Crippen LogP contribution in [0.15, 0.2) is 48.5 Å². The number of fused-ring (bicyclic) bond motifs is 1. The Labute approximate surface area is 135 Å². The fraction of sp³-hybridized carbons (Fsp3) is 0.263. The van der Waals surface area contributed by atoms with Gasteiger partial charge >= 0.3 is 5.97 Å². The van der Waals surface area contributed by atoms with E-state index in [-0.39, 0.29) is 18.6 Å². The number of nitrogens with zero attached hydrogens (tertiary/aromatic N) is 1. The number of anilines is 1. The summed E-state index contributed by atoms with van der Waals surface area (Å²) in [7, 11) is 0. The Morgan fingerprint density at radius 2 is 1.96 bits per heavy atom. The van der Waals surface area contributed by atoms with Gasteiger partial charge in [-0.3, -0.25) is 4.79 Å². The summed E-state index contributed by atoms with van der Waals surface area (Å²) >= 11 is 0. The second kappa shape index (κ2) is 6.24. The van der Waals surface area contributed by atoms with Crippen molar-refractivity contribution >= 4 is 17.6 Å². The molecular formula is C19H19NO3. The van der Waals surface area contributed by atoms with E-state index in [9.17, 15) is 9.59 Å². The van der Waals surface area contributed by atoms with Gasteiger partial charge in [-0.15, -0.1) is 0 Å². The van der Waals surface area contributed by atoms with E-state index in [0.717, 1.165) is 23.2 Å². The van der Waals surface area contributed by atoms with Gasteiger partial charge in [-0.05, 0) is 44.0 Å². The third kappa shape index (κ3) is 3.11. The van der Waals surface area contributed by atoms with Crippen molar-refractivity contribution in [3.8, 4) is 0 Å². The quantitative estimate of drug-likeness (QED) is 0.818. The SMILES string of the molecule is Cc1cccc(C(=O)OCC(=O)N2c3ccccc3C[C@H]2C)c1. The van der Waals surface area contributed by atoms with Crippen LogP contribution >= 0.6 is 0 Å². The Hall–Kier alpha value is -2.62. The van der Waals surface area contributed by atoms with Crippen molar-refractivity contribution in [3.63, 3.8) is 0 Å². The van der Waals surface area contributed by atoms with Gasteiger partial charge in [-0.25, -0.2) is 4.79 Å². The molecule has 3 rings (SSSR count). The van der Waals surface area contributed by atoms with Crippen molar-refractivity contribution in [1.82, 2.24) is 0 Å². The van der Waals surface area contributed by atoms with Crippen LogP contribution in [0.4, 0.5) is 5.69 Å². The lowest BCUT2D eigenvalue weighted by Gasteiger charge is -2.22. The molecule has 0 aromatic heterocycles. The summed E-state index contributed by atoms with van der Waals surface area (Å²) in [6, 6.07) is 15.1. The highest BCUT2D eigenvalue weighted by Gasteiger charge is 2.30. The third-order valence-electron chi connectivity index (χ3n) is 4.06. The van der Waals surface area contributed by atoms with Gasteiger partial charge in [0.1, 0.15) is 0 Å². The molecule has 0 N–H and O–H groups in total. The molecule has 2 aromatic carbocycles. The van der Waals surface area contributed by atoms with E-state index in [0.29, 0.717) is 5.56 Å². The average molecular weight is 309 g/mol. The Kier molecular flexibility index (Phi) is 4.15. The van der Waals surface area contributed by atoms with Gasteiger partial charge in [0, 0.05) is 11.7 Å². The summed E-state index contributed by atoms with van der Waals surface area (Å²) in [5.41, 5.74) is 3.51. The van der Waals surface area contributed by atoms with E-state index >= 15 is 0 Å². The molecule has 1 aliphatic rings.